The number of hydrogen-bond donors (Lipinski definition) is 2. The first-order valence-electron chi connectivity index (χ1n) is 6.43. The van der Waals surface area contributed by atoms with Gasteiger partial charge in [0.15, 0.2) is 5.69 Å². The van der Waals surface area contributed by atoms with Gasteiger partial charge >= 0.3 is 5.97 Å². The van der Waals surface area contributed by atoms with Crippen molar-refractivity contribution in [2.45, 2.75) is 0 Å². The summed E-state index contributed by atoms with van der Waals surface area (Å²) in [6.07, 6.45) is 0. The summed E-state index contributed by atoms with van der Waals surface area (Å²) >= 11 is 5.99. The van der Waals surface area contributed by atoms with Crippen LogP contribution >= 0.6 is 11.6 Å². The fraction of sp³-hybridized carbons (Fsp3) is 0. The first kappa shape index (κ1) is 14.2. The number of hydrogen-bond acceptors (Lipinski definition) is 3. The molecule has 0 atom stereocenters. The van der Waals surface area contributed by atoms with Gasteiger partial charge in [-0.05, 0) is 36.4 Å². The Balaban J connectivity index is 2.22. The second kappa shape index (κ2) is 5.54. The first-order valence-corrected chi connectivity index (χ1v) is 6.81. The van der Waals surface area contributed by atoms with Crippen LogP contribution in [-0.4, -0.2) is 26.0 Å². The maximum Gasteiger partial charge on any atom is 0.356 e. The molecule has 22 heavy (non-hydrogen) atoms. The smallest absolute Gasteiger partial charge is 0.356 e. The van der Waals surface area contributed by atoms with Gasteiger partial charge in [0.2, 0.25) is 0 Å². The summed E-state index contributed by atoms with van der Waals surface area (Å²) < 4.78 is 1.49. The average molecular weight is 315 g/mol. The van der Waals surface area contributed by atoms with E-state index in [4.69, 9.17) is 11.6 Å². The molecule has 2 aromatic carbocycles. The Kier molecular flexibility index (Phi) is 3.56. The number of phenolic OH excluding ortho intramolecular Hbond substituents is 1. The van der Waals surface area contributed by atoms with E-state index in [9.17, 15) is 15.0 Å². The number of aromatic hydroxyl groups is 1. The third-order valence-corrected chi connectivity index (χ3v) is 3.36. The standard InChI is InChI=1S/C16H11ClN2O3/c17-11-4-2-5-12(8-11)19-15(9-14(18-19)16(21)22)10-3-1-6-13(20)7-10/h1-9,20H,(H,21,22). The summed E-state index contributed by atoms with van der Waals surface area (Å²) in [5.74, 6) is -1.03. The molecule has 0 aliphatic carbocycles. The van der Waals surface area contributed by atoms with Gasteiger partial charge in [-0.15, -0.1) is 0 Å². The van der Waals surface area contributed by atoms with E-state index in [1.165, 1.54) is 10.7 Å². The summed E-state index contributed by atoms with van der Waals surface area (Å²) in [4.78, 5) is 11.2. The third-order valence-electron chi connectivity index (χ3n) is 3.12. The van der Waals surface area contributed by atoms with Gasteiger partial charge in [-0.2, -0.15) is 5.10 Å². The fourth-order valence-electron chi connectivity index (χ4n) is 2.16. The van der Waals surface area contributed by atoms with E-state index in [-0.39, 0.29) is 11.4 Å². The summed E-state index contributed by atoms with van der Waals surface area (Å²) in [6, 6.07) is 14.9. The molecule has 3 aromatic rings. The number of carboxylic acid groups (broad SMARTS) is 1. The van der Waals surface area contributed by atoms with Crippen LogP contribution in [0.15, 0.2) is 54.6 Å². The highest BCUT2D eigenvalue weighted by atomic mass is 35.5. The highest BCUT2D eigenvalue weighted by Gasteiger charge is 2.16. The normalized spacial score (nSPS) is 10.6. The van der Waals surface area contributed by atoms with E-state index in [0.29, 0.717) is 22.0 Å². The molecule has 1 aromatic heterocycles. The van der Waals surface area contributed by atoms with Crippen LogP contribution in [0.1, 0.15) is 10.5 Å². The number of benzene rings is 2. The molecule has 0 saturated carbocycles. The van der Waals surface area contributed by atoms with Gasteiger partial charge in [0.05, 0.1) is 11.4 Å². The minimum atomic E-state index is -1.12. The van der Waals surface area contributed by atoms with E-state index >= 15 is 0 Å². The zero-order valence-electron chi connectivity index (χ0n) is 11.3. The van der Waals surface area contributed by atoms with Crippen molar-refractivity contribution in [2.75, 3.05) is 0 Å². The SMILES string of the molecule is O=C(O)c1cc(-c2cccc(O)c2)n(-c2cccc(Cl)c2)n1. The lowest BCUT2D eigenvalue weighted by Gasteiger charge is -2.08. The first-order chi connectivity index (χ1) is 10.5. The molecule has 1 heterocycles. The summed E-state index contributed by atoms with van der Waals surface area (Å²) in [5.41, 5.74) is 1.76. The average Bonchev–Trinajstić information content (AvgIpc) is 2.92. The van der Waals surface area contributed by atoms with Crippen LogP contribution in [0.5, 0.6) is 5.75 Å². The second-order valence-corrected chi connectivity index (χ2v) is 5.10. The predicted molar refractivity (Wildman–Crippen MR) is 82.6 cm³/mol. The van der Waals surface area contributed by atoms with Gasteiger partial charge in [0, 0.05) is 10.6 Å². The molecule has 0 spiro atoms. The van der Waals surface area contributed by atoms with Crippen molar-refractivity contribution in [2.24, 2.45) is 0 Å². The fourth-order valence-corrected chi connectivity index (χ4v) is 2.35. The number of rotatable bonds is 3. The van der Waals surface area contributed by atoms with Crippen LogP contribution in [0.2, 0.25) is 5.02 Å². The Bertz CT molecular complexity index is 795. The Morgan fingerprint density at radius 1 is 1.09 bits per heavy atom. The highest BCUT2D eigenvalue weighted by Crippen LogP contribution is 2.27. The lowest BCUT2D eigenvalue weighted by atomic mass is 10.1. The molecule has 5 nitrogen and oxygen atoms in total. The molecule has 0 fully saturated rings. The summed E-state index contributed by atoms with van der Waals surface area (Å²) in [6.45, 7) is 0. The van der Waals surface area contributed by atoms with Crippen molar-refractivity contribution < 1.29 is 15.0 Å². The number of aromatic carboxylic acids is 1. The van der Waals surface area contributed by atoms with Crippen molar-refractivity contribution in [3.8, 4) is 22.7 Å². The van der Waals surface area contributed by atoms with Crippen LogP contribution in [-0.2, 0) is 0 Å². The Labute approximate surface area is 131 Å². The zero-order chi connectivity index (χ0) is 15.7. The number of carbonyl (C=O) groups is 1. The zero-order valence-corrected chi connectivity index (χ0v) is 12.0. The Morgan fingerprint density at radius 3 is 2.55 bits per heavy atom. The maximum absolute atomic E-state index is 11.2. The van der Waals surface area contributed by atoms with Gasteiger partial charge in [-0.1, -0.05) is 29.8 Å². The number of nitrogens with zero attached hydrogens (tertiary/aromatic N) is 2. The van der Waals surface area contributed by atoms with Gasteiger partial charge in [0.25, 0.3) is 0 Å². The molecule has 0 unspecified atom stereocenters. The quantitative estimate of drug-likeness (QED) is 0.774. The van der Waals surface area contributed by atoms with Crippen LogP contribution < -0.4 is 0 Å². The lowest BCUT2D eigenvalue weighted by Crippen LogP contribution is -2.02. The van der Waals surface area contributed by atoms with Crippen LogP contribution in [0.25, 0.3) is 16.9 Å². The molecule has 0 bridgehead atoms. The molecule has 6 heteroatoms. The highest BCUT2D eigenvalue weighted by molar-refractivity contribution is 6.30. The number of aromatic nitrogens is 2. The van der Waals surface area contributed by atoms with E-state index in [1.807, 2.05) is 0 Å². The number of carboxylic acids is 1. The van der Waals surface area contributed by atoms with Crippen molar-refractivity contribution in [1.82, 2.24) is 9.78 Å². The largest absolute Gasteiger partial charge is 0.508 e. The number of phenols is 1. The van der Waals surface area contributed by atoms with Gasteiger partial charge < -0.3 is 10.2 Å². The van der Waals surface area contributed by atoms with Crippen molar-refractivity contribution in [1.29, 1.82) is 0 Å². The van der Waals surface area contributed by atoms with Crippen molar-refractivity contribution in [3.63, 3.8) is 0 Å². The minimum Gasteiger partial charge on any atom is -0.508 e. The number of halogens is 1. The molecule has 3 rings (SSSR count). The molecule has 0 saturated heterocycles. The predicted octanol–water partition coefficient (Wildman–Crippen LogP) is 3.60. The maximum atomic E-state index is 11.2. The summed E-state index contributed by atoms with van der Waals surface area (Å²) in [5, 5.41) is 23.4. The van der Waals surface area contributed by atoms with Crippen LogP contribution in [0, 0.1) is 0 Å². The summed E-state index contributed by atoms with van der Waals surface area (Å²) in [7, 11) is 0. The third kappa shape index (κ3) is 2.66. The molecular formula is C16H11ClN2O3. The molecule has 110 valence electrons. The topological polar surface area (TPSA) is 75.3 Å². The van der Waals surface area contributed by atoms with E-state index in [2.05, 4.69) is 5.10 Å². The second-order valence-electron chi connectivity index (χ2n) is 4.66. The van der Waals surface area contributed by atoms with Gasteiger partial charge in [-0.25, -0.2) is 9.48 Å². The molecule has 2 N–H and O–H groups in total. The molecule has 0 aliphatic heterocycles. The Morgan fingerprint density at radius 2 is 1.86 bits per heavy atom. The van der Waals surface area contributed by atoms with Crippen LogP contribution in [0.3, 0.4) is 0 Å². The molecule has 0 radical (unpaired) electrons. The van der Waals surface area contributed by atoms with Crippen LogP contribution in [0.4, 0.5) is 0 Å². The molecule has 0 amide bonds. The molecule has 0 aliphatic rings. The van der Waals surface area contributed by atoms with E-state index < -0.39 is 5.97 Å². The Hall–Kier alpha value is -2.79. The van der Waals surface area contributed by atoms with Gasteiger partial charge in [-0.3, -0.25) is 0 Å². The van der Waals surface area contributed by atoms with Gasteiger partial charge in [0.1, 0.15) is 5.75 Å². The minimum absolute atomic E-state index is 0.0849. The van der Waals surface area contributed by atoms with Crippen molar-refractivity contribution >= 4 is 17.6 Å². The van der Waals surface area contributed by atoms with E-state index in [1.54, 1.807) is 48.5 Å². The van der Waals surface area contributed by atoms with E-state index in [0.717, 1.165) is 0 Å². The monoisotopic (exact) mass is 314 g/mol. The molecular weight excluding hydrogens is 304 g/mol. The lowest BCUT2D eigenvalue weighted by molar-refractivity contribution is 0.0690. The van der Waals surface area contributed by atoms with Crippen molar-refractivity contribution in [3.05, 3.63) is 65.3 Å².